The minimum absolute atomic E-state index is 0.146. The van der Waals surface area contributed by atoms with Gasteiger partial charge in [-0.05, 0) is 19.1 Å². The van der Waals surface area contributed by atoms with Crippen LogP contribution in [0.5, 0.6) is 0 Å². The van der Waals surface area contributed by atoms with Gasteiger partial charge >= 0.3 is 0 Å². The predicted molar refractivity (Wildman–Crippen MR) is 58.9 cm³/mol. The van der Waals surface area contributed by atoms with E-state index >= 15 is 0 Å². The quantitative estimate of drug-likeness (QED) is 0.711. The third-order valence-electron chi connectivity index (χ3n) is 1.70. The number of nitriles is 1. The highest BCUT2D eigenvalue weighted by atomic mass is 32.1. The zero-order valence-electron chi connectivity index (χ0n) is 7.93. The molecule has 3 heteroatoms. The summed E-state index contributed by atoms with van der Waals surface area (Å²) in [6, 6.07) is 11.5. The van der Waals surface area contributed by atoms with Crippen LogP contribution in [0.2, 0.25) is 0 Å². The van der Waals surface area contributed by atoms with Crippen LogP contribution >= 0.6 is 12.2 Å². The molecule has 0 fully saturated rings. The van der Waals surface area contributed by atoms with Crippen LogP contribution < -0.4 is 0 Å². The number of hydrogen-bond acceptors (Lipinski definition) is 3. The minimum Gasteiger partial charge on any atom is -0.479 e. The fraction of sp³-hybridized carbons (Fsp3) is 0.273. The number of thiocarbonyl (C=S) groups is 1. The Morgan fingerprint density at radius 1 is 1.50 bits per heavy atom. The number of benzene rings is 1. The van der Waals surface area contributed by atoms with Gasteiger partial charge in [-0.15, -0.1) is 0 Å². The van der Waals surface area contributed by atoms with E-state index in [1.807, 2.05) is 43.3 Å². The molecule has 1 aromatic rings. The van der Waals surface area contributed by atoms with E-state index in [-0.39, 0.29) is 6.10 Å². The normalized spacial score (nSPS) is 11.4. The molecule has 0 spiro atoms. The van der Waals surface area contributed by atoms with Crippen molar-refractivity contribution in [3.05, 3.63) is 35.9 Å². The third-order valence-corrected chi connectivity index (χ3v) is 2.03. The number of hydrogen-bond donors (Lipinski definition) is 0. The highest BCUT2D eigenvalue weighted by Crippen LogP contribution is 2.06. The maximum Gasteiger partial charge on any atom is 0.191 e. The molecule has 0 aliphatic carbocycles. The fourth-order valence-corrected chi connectivity index (χ4v) is 1.30. The van der Waals surface area contributed by atoms with Crippen molar-refractivity contribution in [3.63, 3.8) is 0 Å². The van der Waals surface area contributed by atoms with Crippen molar-refractivity contribution in [1.29, 1.82) is 5.26 Å². The molecule has 1 rings (SSSR count). The predicted octanol–water partition coefficient (Wildman–Crippen LogP) is 2.68. The summed E-state index contributed by atoms with van der Waals surface area (Å²) in [5.74, 6) is 0. The van der Waals surface area contributed by atoms with E-state index in [0.717, 1.165) is 5.56 Å². The lowest BCUT2D eigenvalue weighted by Crippen LogP contribution is -2.13. The second kappa shape index (κ2) is 5.36. The summed E-state index contributed by atoms with van der Waals surface area (Å²) < 4.78 is 5.39. The van der Waals surface area contributed by atoms with Crippen molar-refractivity contribution in [2.24, 2.45) is 0 Å². The Bertz CT molecular complexity index is 342. The van der Waals surface area contributed by atoms with Gasteiger partial charge in [-0.3, -0.25) is 0 Å². The Balaban J connectivity index is 2.56. The molecule has 0 amide bonds. The largest absolute Gasteiger partial charge is 0.479 e. The summed E-state index contributed by atoms with van der Waals surface area (Å²) in [5, 5.41) is 8.90. The van der Waals surface area contributed by atoms with Gasteiger partial charge in [0.25, 0.3) is 0 Å². The van der Waals surface area contributed by atoms with E-state index in [0.29, 0.717) is 11.5 Å². The van der Waals surface area contributed by atoms with Crippen molar-refractivity contribution in [1.82, 2.24) is 0 Å². The van der Waals surface area contributed by atoms with E-state index in [4.69, 9.17) is 22.2 Å². The molecule has 0 saturated heterocycles. The maximum absolute atomic E-state index is 8.45. The minimum atomic E-state index is -0.146. The van der Waals surface area contributed by atoms with Crippen LogP contribution in [0.3, 0.4) is 0 Å². The van der Waals surface area contributed by atoms with Gasteiger partial charge in [0.15, 0.2) is 5.05 Å². The fourth-order valence-electron chi connectivity index (χ4n) is 0.995. The van der Waals surface area contributed by atoms with Gasteiger partial charge in [-0.1, -0.05) is 30.3 Å². The van der Waals surface area contributed by atoms with E-state index in [2.05, 4.69) is 0 Å². The van der Waals surface area contributed by atoms with E-state index in [9.17, 15) is 0 Å². The summed E-state index contributed by atoms with van der Waals surface area (Å²) in [6.07, 6.45) is 0.208. The van der Waals surface area contributed by atoms with Gasteiger partial charge in [-0.25, -0.2) is 0 Å². The number of rotatable bonds is 3. The van der Waals surface area contributed by atoms with Crippen molar-refractivity contribution < 1.29 is 4.74 Å². The molecule has 1 atom stereocenters. The van der Waals surface area contributed by atoms with Gasteiger partial charge in [0.2, 0.25) is 0 Å². The second-order valence-electron chi connectivity index (χ2n) is 2.94. The molecule has 0 bridgehead atoms. The lowest BCUT2D eigenvalue weighted by molar-refractivity contribution is 0.221. The number of ether oxygens (including phenoxy) is 1. The van der Waals surface area contributed by atoms with Gasteiger partial charge in [-0.2, -0.15) is 5.26 Å². The average Bonchev–Trinajstić information content (AvgIpc) is 2.19. The second-order valence-corrected chi connectivity index (χ2v) is 3.31. The van der Waals surface area contributed by atoms with E-state index < -0.39 is 0 Å². The van der Waals surface area contributed by atoms with Gasteiger partial charge in [0, 0.05) is 5.56 Å². The monoisotopic (exact) mass is 205 g/mol. The molecule has 2 nitrogen and oxygen atoms in total. The molecule has 0 aromatic heterocycles. The molecule has 1 aromatic carbocycles. The Labute approximate surface area is 89.1 Å². The third kappa shape index (κ3) is 3.15. The molecule has 1 unspecified atom stereocenters. The van der Waals surface area contributed by atoms with Crippen molar-refractivity contribution in [3.8, 4) is 6.07 Å². The SMILES string of the molecule is CC(CC#N)OC(=S)c1ccccc1. The molecule has 0 aliphatic heterocycles. The Morgan fingerprint density at radius 2 is 2.14 bits per heavy atom. The van der Waals surface area contributed by atoms with E-state index in [1.165, 1.54) is 0 Å². The van der Waals surface area contributed by atoms with Crippen molar-refractivity contribution in [2.45, 2.75) is 19.4 Å². The zero-order valence-corrected chi connectivity index (χ0v) is 8.75. The standard InChI is InChI=1S/C11H11NOS/c1-9(7-8-12)13-11(14)10-5-3-2-4-6-10/h2-6,9H,7H2,1H3. The van der Waals surface area contributed by atoms with Crippen LogP contribution in [0.25, 0.3) is 0 Å². The summed E-state index contributed by atoms with van der Waals surface area (Å²) in [5.41, 5.74) is 0.882. The Morgan fingerprint density at radius 3 is 2.71 bits per heavy atom. The van der Waals surface area contributed by atoms with Gasteiger partial charge in [0.1, 0.15) is 6.10 Å². The highest BCUT2D eigenvalue weighted by Gasteiger charge is 2.06. The van der Waals surface area contributed by atoms with Crippen LogP contribution in [0.1, 0.15) is 18.9 Å². The molecule has 0 radical (unpaired) electrons. The first-order valence-corrected chi connectivity index (χ1v) is 4.78. The smallest absolute Gasteiger partial charge is 0.191 e. The lowest BCUT2D eigenvalue weighted by Gasteiger charge is -2.11. The van der Waals surface area contributed by atoms with Crippen molar-refractivity contribution >= 4 is 17.3 Å². The molecular weight excluding hydrogens is 194 g/mol. The van der Waals surface area contributed by atoms with Gasteiger partial charge in [0.05, 0.1) is 12.5 Å². The molecule has 14 heavy (non-hydrogen) atoms. The molecule has 0 N–H and O–H groups in total. The summed E-state index contributed by atoms with van der Waals surface area (Å²) in [7, 11) is 0. The summed E-state index contributed by atoms with van der Waals surface area (Å²) in [4.78, 5) is 0. The zero-order chi connectivity index (χ0) is 10.4. The van der Waals surface area contributed by atoms with Crippen LogP contribution in [-0.2, 0) is 4.74 Å². The average molecular weight is 205 g/mol. The van der Waals surface area contributed by atoms with Crippen LogP contribution in [0.15, 0.2) is 30.3 Å². The number of nitrogens with zero attached hydrogens (tertiary/aromatic N) is 1. The topological polar surface area (TPSA) is 33.0 Å². The lowest BCUT2D eigenvalue weighted by atomic mass is 10.2. The van der Waals surface area contributed by atoms with Crippen LogP contribution in [0.4, 0.5) is 0 Å². The maximum atomic E-state index is 8.45. The first-order valence-electron chi connectivity index (χ1n) is 4.37. The van der Waals surface area contributed by atoms with Crippen LogP contribution in [-0.4, -0.2) is 11.2 Å². The van der Waals surface area contributed by atoms with Crippen molar-refractivity contribution in [2.75, 3.05) is 0 Å². The molecule has 72 valence electrons. The molecule has 0 aliphatic rings. The molecule has 0 heterocycles. The first kappa shape index (κ1) is 10.7. The van der Waals surface area contributed by atoms with Crippen LogP contribution in [0, 0.1) is 11.3 Å². The molecular formula is C11H11NOS. The Hall–Kier alpha value is -1.40. The first-order chi connectivity index (χ1) is 6.74. The summed E-state index contributed by atoms with van der Waals surface area (Å²) >= 11 is 5.08. The molecule has 0 saturated carbocycles. The highest BCUT2D eigenvalue weighted by molar-refractivity contribution is 7.80. The summed E-state index contributed by atoms with van der Waals surface area (Å²) in [6.45, 7) is 1.83. The van der Waals surface area contributed by atoms with E-state index in [1.54, 1.807) is 0 Å². The van der Waals surface area contributed by atoms with Gasteiger partial charge < -0.3 is 4.74 Å². The Kier molecular flexibility index (Phi) is 4.09.